The molecule has 0 aromatic heterocycles. The molecule has 0 bridgehead atoms. The molecule has 1 amide bonds. The molecule has 4 nitrogen and oxygen atoms in total. The summed E-state index contributed by atoms with van der Waals surface area (Å²) in [6.45, 7) is 3.52. The fourth-order valence-electron chi connectivity index (χ4n) is 1.84. The van der Waals surface area contributed by atoms with Gasteiger partial charge in [0.2, 0.25) is 5.91 Å². The normalized spacial score (nSPS) is 31.1. The molecule has 0 radical (unpaired) electrons. The van der Waals surface area contributed by atoms with Crippen LogP contribution in [0.2, 0.25) is 0 Å². The van der Waals surface area contributed by atoms with E-state index in [4.69, 9.17) is 5.73 Å². The van der Waals surface area contributed by atoms with Crippen molar-refractivity contribution in [1.82, 2.24) is 9.80 Å². The molecule has 2 atom stereocenters. The highest BCUT2D eigenvalue weighted by molar-refractivity contribution is 5.82. The van der Waals surface area contributed by atoms with E-state index in [1.54, 1.807) is 4.90 Å². The Kier molecular flexibility index (Phi) is 3.27. The summed E-state index contributed by atoms with van der Waals surface area (Å²) >= 11 is 0. The predicted molar refractivity (Wildman–Crippen MR) is 52.3 cm³/mol. The summed E-state index contributed by atoms with van der Waals surface area (Å²) in [5.41, 5.74) is 5.48. The first-order valence-electron chi connectivity index (χ1n) is 4.75. The topological polar surface area (TPSA) is 49.6 Å². The van der Waals surface area contributed by atoms with E-state index in [0.29, 0.717) is 12.6 Å². The Morgan fingerprint density at radius 3 is 2.69 bits per heavy atom. The van der Waals surface area contributed by atoms with Gasteiger partial charge in [-0.1, -0.05) is 0 Å². The molecule has 0 aromatic carbocycles. The van der Waals surface area contributed by atoms with E-state index in [9.17, 15) is 4.79 Å². The highest BCUT2D eigenvalue weighted by Gasteiger charge is 2.33. The van der Waals surface area contributed by atoms with Gasteiger partial charge in [0.15, 0.2) is 0 Å². The molecule has 76 valence electrons. The Labute approximate surface area is 79.7 Å². The number of piperazine rings is 1. The Hall–Kier alpha value is -0.610. The zero-order valence-electron chi connectivity index (χ0n) is 8.66. The van der Waals surface area contributed by atoms with Gasteiger partial charge in [-0.15, -0.1) is 0 Å². The number of hydrogen-bond donors (Lipinski definition) is 1. The van der Waals surface area contributed by atoms with Crippen LogP contribution < -0.4 is 5.73 Å². The number of rotatable bonds is 2. The summed E-state index contributed by atoms with van der Waals surface area (Å²) in [6, 6.07) is 0.415. The highest BCUT2D eigenvalue weighted by atomic mass is 16.2. The van der Waals surface area contributed by atoms with E-state index in [0.717, 1.165) is 13.0 Å². The minimum absolute atomic E-state index is 0.0150. The van der Waals surface area contributed by atoms with Crippen LogP contribution in [0.5, 0.6) is 0 Å². The molecule has 1 saturated heterocycles. The standard InChI is InChI=1S/C9H19N3O/c1-7-6-11(2)9(13)8(4-5-10)12(7)3/h7-8H,4-6,10H2,1-3H3. The summed E-state index contributed by atoms with van der Waals surface area (Å²) in [5.74, 6) is 0.200. The SMILES string of the molecule is CC1CN(C)C(=O)C(CCN)N1C. The minimum Gasteiger partial charge on any atom is -0.343 e. The van der Waals surface area contributed by atoms with E-state index in [1.165, 1.54) is 0 Å². The lowest BCUT2D eigenvalue weighted by molar-refractivity contribution is -0.141. The van der Waals surface area contributed by atoms with Crippen LogP contribution in [0, 0.1) is 0 Å². The van der Waals surface area contributed by atoms with Crippen LogP contribution in [-0.4, -0.2) is 55.0 Å². The molecule has 4 heteroatoms. The van der Waals surface area contributed by atoms with Gasteiger partial charge in [-0.05, 0) is 26.9 Å². The molecule has 2 N–H and O–H groups in total. The maximum Gasteiger partial charge on any atom is 0.239 e. The van der Waals surface area contributed by atoms with Gasteiger partial charge in [-0.25, -0.2) is 0 Å². The molecule has 0 aromatic rings. The first-order chi connectivity index (χ1) is 6.07. The number of likely N-dealkylation sites (N-methyl/N-ethyl adjacent to an activating group) is 2. The van der Waals surface area contributed by atoms with Crippen LogP contribution in [0.1, 0.15) is 13.3 Å². The number of nitrogens with two attached hydrogens (primary N) is 1. The second-order valence-corrected chi connectivity index (χ2v) is 3.83. The van der Waals surface area contributed by atoms with Crippen molar-refractivity contribution in [3.8, 4) is 0 Å². The average molecular weight is 185 g/mol. The molecular formula is C9H19N3O. The van der Waals surface area contributed by atoms with Gasteiger partial charge in [0.1, 0.15) is 0 Å². The number of hydrogen-bond acceptors (Lipinski definition) is 3. The van der Waals surface area contributed by atoms with Crippen LogP contribution in [0.3, 0.4) is 0 Å². The molecule has 1 fully saturated rings. The monoisotopic (exact) mass is 185 g/mol. The van der Waals surface area contributed by atoms with E-state index in [-0.39, 0.29) is 11.9 Å². The molecule has 0 saturated carbocycles. The lowest BCUT2D eigenvalue weighted by atomic mass is 10.0. The summed E-state index contributed by atoms with van der Waals surface area (Å²) in [7, 11) is 3.85. The van der Waals surface area contributed by atoms with Gasteiger partial charge in [0.05, 0.1) is 6.04 Å². The van der Waals surface area contributed by atoms with Gasteiger partial charge < -0.3 is 10.6 Å². The Balaban J connectivity index is 2.70. The number of amides is 1. The second kappa shape index (κ2) is 4.07. The summed E-state index contributed by atoms with van der Waals surface area (Å²) in [5, 5.41) is 0. The molecule has 1 rings (SSSR count). The van der Waals surface area contributed by atoms with Crippen molar-refractivity contribution in [3.05, 3.63) is 0 Å². The molecule has 1 aliphatic rings. The molecule has 1 aliphatic heterocycles. The molecule has 0 aliphatic carbocycles. The zero-order valence-corrected chi connectivity index (χ0v) is 8.66. The third-order valence-corrected chi connectivity index (χ3v) is 2.83. The van der Waals surface area contributed by atoms with Gasteiger partial charge >= 0.3 is 0 Å². The van der Waals surface area contributed by atoms with Crippen molar-refractivity contribution in [2.75, 3.05) is 27.2 Å². The lowest BCUT2D eigenvalue weighted by Gasteiger charge is -2.41. The van der Waals surface area contributed by atoms with Gasteiger partial charge in [-0.2, -0.15) is 0 Å². The van der Waals surface area contributed by atoms with Gasteiger partial charge in [0, 0.05) is 19.6 Å². The summed E-state index contributed by atoms with van der Waals surface area (Å²) in [6.07, 6.45) is 0.754. The Bertz CT molecular complexity index is 195. The molecule has 0 spiro atoms. The van der Waals surface area contributed by atoms with Crippen molar-refractivity contribution in [2.24, 2.45) is 5.73 Å². The van der Waals surface area contributed by atoms with Crippen LogP contribution in [0.25, 0.3) is 0 Å². The van der Waals surface area contributed by atoms with Crippen LogP contribution >= 0.6 is 0 Å². The van der Waals surface area contributed by atoms with Crippen molar-refractivity contribution < 1.29 is 4.79 Å². The highest BCUT2D eigenvalue weighted by Crippen LogP contribution is 2.15. The first kappa shape index (κ1) is 10.5. The van der Waals surface area contributed by atoms with Gasteiger partial charge in [0.25, 0.3) is 0 Å². The van der Waals surface area contributed by atoms with Crippen LogP contribution in [0.15, 0.2) is 0 Å². The maximum atomic E-state index is 11.7. The summed E-state index contributed by atoms with van der Waals surface area (Å²) < 4.78 is 0. The van der Waals surface area contributed by atoms with Crippen molar-refractivity contribution in [1.29, 1.82) is 0 Å². The molecular weight excluding hydrogens is 166 g/mol. The molecule has 13 heavy (non-hydrogen) atoms. The van der Waals surface area contributed by atoms with E-state index in [1.807, 2.05) is 14.1 Å². The van der Waals surface area contributed by atoms with Crippen LogP contribution in [-0.2, 0) is 4.79 Å². The van der Waals surface area contributed by atoms with E-state index >= 15 is 0 Å². The first-order valence-corrected chi connectivity index (χ1v) is 4.75. The second-order valence-electron chi connectivity index (χ2n) is 3.83. The third kappa shape index (κ3) is 2.00. The van der Waals surface area contributed by atoms with Gasteiger partial charge in [-0.3, -0.25) is 9.69 Å². The average Bonchev–Trinajstić information content (AvgIpc) is 2.09. The quantitative estimate of drug-likeness (QED) is 0.631. The number of carbonyl (C=O) groups excluding carboxylic acids is 1. The molecule has 1 heterocycles. The minimum atomic E-state index is -0.0150. The van der Waals surface area contributed by atoms with Crippen molar-refractivity contribution in [2.45, 2.75) is 25.4 Å². The smallest absolute Gasteiger partial charge is 0.239 e. The van der Waals surface area contributed by atoms with Crippen LogP contribution in [0.4, 0.5) is 0 Å². The maximum absolute atomic E-state index is 11.7. The third-order valence-electron chi connectivity index (χ3n) is 2.83. The van der Waals surface area contributed by atoms with Crippen molar-refractivity contribution >= 4 is 5.91 Å². The number of carbonyl (C=O) groups is 1. The van der Waals surface area contributed by atoms with E-state index in [2.05, 4.69) is 11.8 Å². The number of nitrogens with zero attached hydrogens (tertiary/aromatic N) is 2. The lowest BCUT2D eigenvalue weighted by Crippen LogP contribution is -2.58. The molecule has 2 unspecified atom stereocenters. The summed E-state index contributed by atoms with van der Waals surface area (Å²) in [4.78, 5) is 15.6. The van der Waals surface area contributed by atoms with E-state index < -0.39 is 0 Å². The fraction of sp³-hybridized carbons (Fsp3) is 0.889. The predicted octanol–water partition coefficient (Wildman–Crippen LogP) is -0.504. The largest absolute Gasteiger partial charge is 0.343 e. The van der Waals surface area contributed by atoms with Crippen molar-refractivity contribution in [3.63, 3.8) is 0 Å². The fourth-order valence-corrected chi connectivity index (χ4v) is 1.84. The zero-order chi connectivity index (χ0) is 10.0. The Morgan fingerprint density at radius 1 is 1.54 bits per heavy atom. The Morgan fingerprint density at radius 2 is 2.15 bits per heavy atom.